The molecule has 0 aromatic carbocycles. The second kappa shape index (κ2) is 35.9. The highest BCUT2D eigenvalue weighted by atomic mass is 16.4. The van der Waals surface area contributed by atoms with Gasteiger partial charge in [-0.2, -0.15) is 0 Å². The molecule has 16 N–H and O–H groups in total. The van der Waals surface area contributed by atoms with Crippen LogP contribution in [0.3, 0.4) is 0 Å². The van der Waals surface area contributed by atoms with Crippen molar-refractivity contribution in [1.29, 1.82) is 0 Å². The first-order valence-corrected chi connectivity index (χ1v) is 29.6. The van der Waals surface area contributed by atoms with Gasteiger partial charge >= 0.3 is 23.9 Å². The first-order valence-electron chi connectivity index (χ1n) is 29.6. The zero-order valence-electron chi connectivity index (χ0n) is 51.1. The first-order chi connectivity index (χ1) is 41.7. The molecule has 0 aromatic heterocycles. The molecule has 0 aromatic rings. The maximum atomic E-state index is 15.2. The molecule has 33 nitrogen and oxygen atoms in total. The first kappa shape index (κ1) is 74.5. The predicted molar refractivity (Wildman–Crippen MR) is 310 cm³/mol. The van der Waals surface area contributed by atoms with Crippen molar-refractivity contribution in [3.8, 4) is 0 Å². The minimum Gasteiger partial charge on any atom is -0.481 e. The van der Waals surface area contributed by atoms with Gasteiger partial charge in [0, 0.05) is 25.6 Å². The van der Waals surface area contributed by atoms with Gasteiger partial charge in [0.1, 0.15) is 54.4 Å². The lowest BCUT2D eigenvalue weighted by molar-refractivity contribution is -0.150. The van der Waals surface area contributed by atoms with E-state index in [9.17, 15) is 92.3 Å². The van der Waals surface area contributed by atoms with E-state index in [1.807, 2.05) is 16.0 Å². The van der Waals surface area contributed by atoms with E-state index in [-0.39, 0.29) is 51.6 Å². The number of hydrogen-bond acceptors (Lipinski definition) is 17. The average Bonchev–Trinajstić information content (AvgIpc) is 2.72. The summed E-state index contributed by atoms with van der Waals surface area (Å²) in [5, 5.41) is 62.1. The van der Waals surface area contributed by atoms with E-state index in [4.69, 9.17) is 5.73 Å². The van der Waals surface area contributed by atoms with E-state index in [0.29, 0.717) is 12.3 Å². The summed E-state index contributed by atoms with van der Waals surface area (Å²) in [4.78, 5) is 218. The number of rotatable bonds is 20. The minimum absolute atomic E-state index is 0.0218. The summed E-state index contributed by atoms with van der Waals surface area (Å²) < 4.78 is 0. The lowest BCUT2D eigenvalue weighted by Crippen LogP contribution is -2.66. The van der Waals surface area contributed by atoms with Gasteiger partial charge in [0.05, 0.1) is 44.3 Å². The second-order valence-corrected chi connectivity index (χ2v) is 23.1. The quantitative estimate of drug-likeness (QED) is 0.0406. The summed E-state index contributed by atoms with van der Waals surface area (Å²) in [5.41, 5.74) is 6.11. The molecule has 3 fully saturated rings. The van der Waals surface area contributed by atoms with E-state index < -0.39 is 205 Å². The molecule has 12 atom stereocenters. The fourth-order valence-corrected chi connectivity index (χ4v) is 10.0. The second-order valence-electron chi connectivity index (χ2n) is 23.1. The molecule has 33 heteroatoms. The summed E-state index contributed by atoms with van der Waals surface area (Å²) in [5.74, 6) is -22.0. The normalized spacial score (nSPS) is 25.6. The molecular weight excluding hydrogens is 1170 g/mol. The van der Waals surface area contributed by atoms with Gasteiger partial charge in [-0.1, -0.05) is 52.7 Å². The molecule has 3 aliphatic heterocycles. The van der Waals surface area contributed by atoms with Crippen LogP contribution in [-0.2, 0) is 76.7 Å². The molecule has 0 saturated carbocycles. The number of nitrogens with two attached hydrogens (primary N) is 1. The minimum atomic E-state index is -2.15. The summed E-state index contributed by atoms with van der Waals surface area (Å²) in [6, 6.07) is -18.5. The summed E-state index contributed by atoms with van der Waals surface area (Å²) >= 11 is 0. The van der Waals surface area contributed by atoms with Gasteiger partial charge < -0.3 is 89.1 Å². The number of aliphatic carboxylic acids is 4. The summed E-state index contributed by atoms with van der Waals surface area (Å²) in [7, 11) is 0. The SMILES string of the molecule is CC(C)CCCC/C=C\CC(=O)N[C@@H](CC(=O)O)C(=O)N[C@@H]1C(=O)N2CCCC[C@@H]2C(=O)N[C@@H]([C@H](C)C(=O)O)C(=O)N[C@@H](CC(=O)O)C(=O)NCC(=O)N[C@@H](CC(=O)O)C(=O)NCC(=O)N[C@H]([C@@H](C)N)C(=O)N[C@@H](C(C)C)C(=O)N2CCC[C@H]2C(=O)N[C@@H]1C. The van der Waals surface area contributed by atoms with Crippen molar-refractivity contribution in [2.75, 3.05) is 26.2 Å². The Kier molecular flexibility index (Phi) is 30.0. The van der Waals surface area contributed by atoms with E-state index in [1.54, 1.807) is 26.0 Å². The van der Waals surface area contributed by atoms with Gasteiger partial charge in [-0.05, 0) is 77.6 Å². The molecule has 0 spiro atoms. The van der Waals surface area contributed by atoms with Crippen LogP contribution in [0.1, 0.15) is 132 Å². The zero-order chi connectivity index (χ0) is 67.0. The van der Waals surface area contributed by atoms with Crippen molar-refractivity contribution >= 4 is 94.8 Å². The smallest absolute Gasteiger partial charge is 0.308 e. The number of unbranched alkanes of at least 4 members (excludes halogenated alkanes) is 2. The standard InChI is InChI=1S/C56H87N13O20/c1-27(2)16-11-9-8-10-12-19-37(70)61-34(24-42(77)78)49(81)67-46-31(7)60-50(82)36-18-15-21-69(36)54(86)43(28(3)4)65-53(85)45(30(6)57)64-39(72)26-59-47(79)32(22-40(73)74)62-38(71)25-58-48(80)33(23-41(75)76)63-52(84)44(29(5)56(88)89)66-51(83)35-17-13-14-20-68(35)55(46)87/h10,12,27-36,43-46H,8-9,11,13-26,57H2,1-7H3,(H,58,80)(H,59,79)(H,60,82)(H,61,70)(H,62,71)(H,63,84)(H,64,72)(H,65,85)(H,66,83)(H,67,81)(H,73,74)(H,75,76)(H,77,78)(H,88,89)/b12-10-/t29-,30+,31+,32-,33-,34-,35+,36-,43-,44-,45+,46-/m0/s1. The number of carboxylic acid groups (broad SMARTS) is 4. The van der Waals surface area contributed by atoms with Gasteiger partial charge in [0.25, 0.3) is 0 Å². The summed E-state index contributed by atoms with van der Waals surface area (Å²) in [6.45, 7) is 8.53. The summed E-state index contributed by atoms with van der Waals surface area (Å²) in [6.07, 6.45) is 3.69. The lowest BCUT2D eigenvalue weighted by atomic mass is 9.96. The number of hydrogen-bond donors (Lipinski definition) is 15. The third-order valence-electron chi connectivity index (χ3n) is 15.0. The van der Waals surface area contributed by atoms with Crippen LogP contribution in [0.4, 0.5) is 0 Å². The Morgan fingerprint density at radius 3 is 1.67 bits per heavy atom. The largest absolute Gasteiger partial charge is 0.481 e. The molecule has 0 aliphatic carbocycles. The van der Waals surface area contributed by atoms with Crippen LogP contribution < -0.4 is 58.9 Å². The van der Waals surface area contributed by atoms with Gasteiger partial charge in [-0.15, -0.1) is 0 Å². The number of nitrogens with zero attached hydrogens (tertiary/aromatic N) is 2. The Morgan fingerprint density at radius 1 is 0.596 bits per heavy atom. The number of allylic oxidation sites excluding steroid dienone is 1. The van der Waals surface area contributed by atoms with E-state index in [1.165, 1.54) is 13.8 Å². The topological polar surface area (TPSA) is 507 Å². The number of carboxylic acids is 4. The van der Waals surface area contributed by atoms with Crippen LogP contribution in [0.5, 0.6) is 0 Å². The average molecular weight is 1260 g/mol. The Bertz CT molecular complexity index is 2670. The van der Waals surface area contributed by atoms with Crippen molar-refractivity contribution < 1.29 is 97.1 Å². The van der Waals surface area contributed by atoms with Crippen molar-refractivity contribution in [1.82, 2.24) is 63.0 Å². The van der Waals surface area contributed by atoms with Crippen molar-refractivity contribution in [2.24, 2.45) is 23.5 Å². The van der Waals surface area contributed by atoms with Gasteiger partial charge in [-0.25, -0.2) is 0 Å². The van der Waals surface area contributed by atoms with Crippen molar-refractivity contribution in [3.05, 3.63) is 12.2 Å². The molecule has 0 unspecified atom stereocenters. The number of carbonyl (C=O) groups excluding carboxylic acids is 12. The highest BCUT2D eigenvalue weighted by molar-refractivity contribution is 6.01. The molecule has 0 bridgehead atoms. The highest BCUT2D eigenvalue weighted by Crippen LogP contribution is 2.24. The molecule has 496 valence electrons. The van der Waals surface area contributed by atoms with E-state index >= 15 is 4.79 Å². The van der Waals surface area contributed by atoms with Crippen molar-refractivity contribution in [3.63, 3.8) is 0 Å². The van der Waals surface area contributed by atoms with Crippen LogP contribution >= 0.6 is 0 Å². The maximum absolute atomic E-state index is 15.2. The number of nitrogens with one attached hydrogen (secondary N) is 10. The highest BCUT2D eigenvalue weighted by Gasteiger charge is 2.45. The maximum Gasteiger partial charge on any atom is 0.308 e. The van der Waals surface area contributed by atoms with Crippen LogP contribution in [0.25, 0.3) is 0 Å². The number of piperidine rings is 1. The monoisotopic (exact) mass is 1260 g/mol. The number of amides is 12. The van der Waals surface area contributed by atoms with Gasteiger partial charge in [-0.3, -0.25) is 76.7 Å². The molecule has 3 aliphatic rings. The van der Waals surface area contributed by atoms with E-state index in [0.717, 1.165) is 36.0 Å². The number of carbonyl (C=O) groups is 16. The fraction of sp³-hybridized carbons (Fsp3) is 0.679. The third kappa shape index (κ3) is 24.0. The zero-order valence-corrected chi connectivity index (χ0v) is 51.1. The molecule has 3 saturated heterocycles. The van der Waals surface area contributed by atoms with E-state index in [2.05, 4.69) is 51.1 Å². The van der Waals surface area contributed by atoms with Crippen LogP contribution in [0.15, 0.2) is 12.2 Å². The molecule has 3 rings (SSSR count). The van der Waals surface area contributed by atoms with Gasteiger partial charge in [0.2, 0.25) is 70.9 Å². The molecular formula is C56H87N13O20. The Morgan fingerprint density at radius 2 is 1.12 bits per heavy atom. The Hall–Kier alpha value is -8.78. The molecule has 12 amide bonds. The lowest BCUT2D eigenvalue weighted by Gasteiger charge is -2.39. The van der Waals surface area contributed by atoms with Gasteiger partial charge in [0.15, 0.2) is 0 Å². The van der Waals surface area contributed by atoms with Crippen LogP contribution in [0.2, 0.25) is 0 Å². The number of fused-ring (bicyclic) bond motifs is 2. The van der Waals surface area contributed by atoms with Crippen molar-refractivity contribution in [2.45, 2.75) is 198 Å². The third-order valence-corrected chi connectivity index (χ3v) is 15.0. The molecule has 3 heterocycles. The Labute approximate surface area is 513 Å². The Balaban J connectivity index is 2.19. The van der Waals surface area contributed by atoms with Crippen LogP contribution in [-0.4, -0.2) is 218 Å². The molecule has 0 radical (unpaired) electrons. The fourth-order valence-electron chi connectivity index (χ4n) is 10.0. The predicted octanol–water partition coefficient (Wildman–Crippen LogP) is -4.19. The molecule has 89 heavy (non-hydrogen) atoms. The van der Waals surface area contributed by atoms with Crippen LogP contribution in [0, 0.1) is 17.8 Å².